The summed E-state index contributed by atoms with van der Waals surface area (Å²) in [4.78, 5) is 31.6. The number of nitrogens with zero attached hydrogens (tertiary/aromatic N) is 3. The van der Waals surface area contributed by atoms with Gasteiger partial charge < -0.3 is 24.7 Å². The number of nitrogens with two attached hydrogens (primary N) is 1. The number of benzene rings is 3. The Morgan fingerprint density at radius 1 is 1.00 bits per heavy atom. The van der Waals surface area contributed by atoms with Crippen LogP contribution in [-0.4, -0.2) is 82.2 Å². The number of quaternary nitrogens is 1. The molecule has 0 radical (unpaired) electrons. The Bertz CT molecular complexity index is 2350. The van der Waals surface area contributed by atoms with Crippen molar-refractivity contribution in [2.45, 2.75) is 56.4 Å². The molecule has 3 aromatic carbocycles. The van der Waals surface area contributed by atoms with Crippen LogP contribution in [0.25, 0.3) is 11.0 Å². The van der Waals surface area contributed by atoms with Crippen molar-refractivity contribution in [2.75, 3.05) is 63.3 Å². The number of rotatable bonds is 13. The molecule has 5 heterocycles. The zero-order valence-corrected chi connectivity index (χ0v) is 34.3. The van der Waals surface area contributed by atoms with E-state index in [-0.39, 0.29) is 21.6 Å². The van der Waals surface area contributed by atoms with Crippen LogP contribution in [0, 0.1) is 11.8 Å². The molecule has 3 aliphatic heterocycles. The number of sulfonamides is 1. The third-order valence-electron chi connectivity index (χ3n) is 11.8. The lowest BCUT2D eigenvalue weighted by Gasteiger charge is -2.42. The molecule has 5 aromatic rings. The second-order valence-electron chi connectivity index (χ2n) is 16.5. The van der Waals surface area contributed by atoms with Crippen LogP contribution < -0.4 is 25.2 Å². The zero-order valence-electron chi connectivity index (χ0n) is 33.5. The van der Waals surface area contributed by atoms with Crippen LogP contribution in [-0.2, 0) is 31.6 Å². The quantitative estimate of drug-likeness (QED) is 0.0814. The number of nitrogens with one attached hydrogen (secondary N) is 3. The second kappa shape index (κ2) is 17.1. The molecule has 5 N–H and O–H groups in total. The van der Waals surface area contributed by atoms with Crippen LogP contribution in [0.15, 0.2) is 90.1 Å². The van der Waals surface area contributed by atoms with E-state index in [4.69, 9.17) is 14.3 Å². The molecule has 306 valence electrons. The predicted molar refractivity (Wildman–Crippen MR) is 224 cm³/mol. The molecular formula is C44H54N7O6S+. The number of hydrogen-bond acceptors (Lipinski definition) is 10. The van der Waals surface area contributed by atoms with Gasteiger partial charge in [0.25, 0.3) is 15.9 Å². The Kier molecular flexibility index (Phi) is 11.7. The smallest absolute Gasteiger partial charge is 0.268 e. The minimum Gasteiger partial charge on any atom is -0.455 e. The molecule has 1 amide bonds. The van der Waals surface area contributed by atoms with Gasteiger partial charge in [0.1, 0.15) is 17.1 Å². The van der Waals surface area contributed by atoms with Crippen LogP contribution in [0.3, 0.4) is 0 Å². The molecule has 0 bridgehead atoms. The summed E-state index contributed by atoms with van der Waals surface area (Å²) in [6.07, 6.45) is 7.38. The fourth-order valence-corrected chi connectivity index (χ4v) is 9.74. The highest BCUT2D eigenvalue weighted by atomic mass is 32.2. The summed E-state index contributed by atoms with van der Waals surface area (Å²) < 4.78 is 41.7. The Balaban J connectivity index is 0.982. The molecule has 8 rings (SSSR count). The normalized spacial score (nSPS) is 17.9. The van der Waals surface area contributed by atoms with Crippen LogP contribution in [0.5, 0.6) is 11.5 Å². The molecule has 2 fully saturated rings. The van der Waals surface area contributed by atoms with E-state index in [1.54, 1.807) is 24.5 Å². The van der Waals surface area contributed by atoms with E-state index in [9.17, 15) is 13.2 Å². The first-order valence-electron chi connectivity index (χ1n) is 20.2. The van der Waals surface area contributed by atoms with Gasteiger partial charge in [-0.05, 0) is 85.0 Å². The number of pyridine rings is 1. The topological polar surface area (TPSA) is 155 Å². The SMILES string of the molecule is CO[NH2+]c1cc(S(=O)(=O)NC(=O)c2ccc(N3CCC(CN4Cc5ccccc5C(C)(C)C4)CC3)cc2Oc2cnc3[nH]ccc3c2)ccc1NCC1CCOCC1. The largest absolute Gasteiger partial charge is 0.455 e. The number of fused-ring (bicyclic) bond motifs is 2. The first kappa shape index (κ1) is 39.8. The number of carbonyl (C=O) groups is 1. The summed E-state index contributed by atoms with van der Waals surface area (Å²) in [5, 5.41) is 4.28. The van der Waals surface area contributed by atoms with Gasteiger partial charge in [-0.3, -0.25) is 9.69 Å². The Morgan fingerprint density at radius 2 is 1.81 bits per heavy atom. The third kappa shape index (κ3) is 9.01. The van der Waals surface area contributed by atoms with Crippen LogP contribution in [0.2, 0.25) is 0 Å². The van der Waals surface area contributed by atoms with Crippen LogP contribution >= 0.6 is 0 Å². The van der Waals surface area contributed by atoms with Gasteiger partial charge in [-0.1, -0.05) is 38.1 Å². The molecular weight excluding hydrogens is 755 g/mol. The highest BCUT2D eigenvalue weighted by Gasteiger charge is 2.33. The highest BCUT2D eigenvalue weighted by Crippen LogP contribution is 2.36. The molecule has 2 saturated heterocycles. The van der Waals surface area contributed by atoms with Crippen molar-refractivity contribution in [3.05, 3.63) is 102 Å². The van der Waals surface area contributed by atoms with E-state index in [1.807, 2.05) is 24.3 Å². The number of aromatic amines is 1. The molecule has 0 spiro atoms. The standard InChI is InChI=1S/C44H53N7O6S/c1-44(2)29-50(28-33-6-4-5-7-38(33)44)27-31-13-18-51(19-14-31)34-8-10-37(41(23-34)57-35-22-32-12-17-45-42(32)47-26-35)43(52)49-58(53,54)36-9-11-39(40(24-36)48-55-3)46-25-30-15-20-56-21-16-30/h4-12,17,22-24,26,30-31,46,48H,13-16,18-21,25,27-29H2,1-3H3,(H,45,47)(H,49,52)/p+1. The zero-order chi connectivity index (χ0) is 40.3. The lowest BCUT2D eigenvalue weighted by molar-refractivity contribution is -0.829. The fraction of sp³-hybridized carbons (Fsp3) is 0.409. The monoisotopic (exact) mass is 808 g/mol. The maximum Gasteiger partial charge on any atom is 0.268 e. The van der Waals surface area contributed by atoms with E-state index in [1.165, 1.54) is 35.8 Å². The van der Waals surface area contributed by atoms with Crippen molar-refractivity contribution in [3.8, 4) is 11.5 Å². The number of amides is 1. The van der Waals surface area contributed by atoms with E-state index in [0.717, 1.165) is 94.9 Å². The van der Waals surface area contributed by atoms with Gasteiger partial charge in [0.15, 0.2) is 5.69 Å². The van der Waals surface area contributed by atoms with Gasteiger partial charge in [-0.2, -0.15) is 5.48 Å². The number of ether oxygens (including phenoxy) is 2. The van der Waals surface area contributed by atoms with Crippen LogP contribution in [0.4, 0.5) is 17.1 Å². The molecule has 0 aliphatic carbocycles. The van der Waals surface area contributed by atoms with E-state index in [0.29, 0.717) is 28.9 Å². The Labute approximate surface area is 340 Å². The van der Waals surface area contributed by atoms with Gasteiger partial charge in [0.05, 0.1) is 29.5 Å². The van der Waals surface area contributed by atoms with Crippen LogP contribution in [0.1, 0.15) is 61.0 Å². The van der Waals surface area contributed by atoms with Crippen molar-refractivity contribution >= 4 is 44.0 Å². The minimum atomic E-state index is -4.29. The maximum absolute atomic E-state index is 13.9. The second-order valence-corrected chi connectivity index (χ2v) is 18.2. The van der Waals surface area contributed by atoms with Gasteiger partial charge >= 0.3 is 0 Å². The first-order valence-corrected chi connectivity index (χ1v) is 21.7. The van der Waals surface area contributed by atoms with Gasteiger partial charge in [0.2, 0.25) is 0 Å². The van der Waals surface area contributed by atoms with E-state index >= 15 is 0 Å². The first-order chi connectivity index (χ1) is 28.0. The fourth-order valence-electron chi connectivity index (χ4n) is 8.74. The minimum absolute atomic E-state index is 0.0674. The molecule has 14 heteroatoms. The number of aromatic nitrogens is 2. The van der Waals surface area contributed by atoms with Crippen molar-refractivity contribution in [2.24, 2.45) is 11.8 Å². The van der Waals surface area contributed by atoms with Gasteiger partial charge in [0, 0.05) is 87.3 Å². The summed E-state index contributed by atoms with van der Waals surface area (Å²) in [6.45, 7) is 11.7. The predicted octanol–water partition coefficient (Wildman–Crippen LogP) is 6.08. The molecule has 58 heavy (non-hydrogen) atoms. The van der Waals surface area contributed by atoms with E-state index < -0.39 is 15.9 Å². The van der Waals surface area contributed by atoms with E-state index in [2.05, 4.69) is 67.9 Å². The number of carbonyl (C=O) groups excluding carboxylic acids is 1. The average Bonchev–Trinajstić information content (AvgIpc) is 3.69. The number of piperidine rings is 1. The highest BCUT2D eigenvalue weighted by molar-refractivity contribution is 7.90. The summed E-state index contributed by atoms with van der Waals surface area (Å²) in [7, 11) is -2.78. The summed E-state index contributed by atoms with van der Waals surface area (Å²) in [6, 6.07) is 22.6. The maximum atomic E-state index is 13.9. The third-order valence-corrected chi connectivity index (χ3v) is 13.1. The van der Waals surface area contributed by atoms with Crippen molar-refractivity contribution in [3.63, 3.8) is 0 Å². The average molecular weight is 809 g/mol. The molecule has 0 saturated carbocycles. The van der Waals surface area contributed by atoms with Gasteiger partial charge in [-0.25, -0.2) is 23.0 Å². The summed E-state index contributed by atoms with van der Waals surface area (Å²) >= 11 is 0. The number of H-pyrrole nitrogens is 1. The molecule has 13 nitrogen and oxygen atoms in total. The summed E-state index contributed by atoms with van der Waals surface area (Å²) in [5.41, 5.74) is 7.47. The lowest BCUT2D eigenvalue weighted by atomic mass is 9.78. The number of anilines is 2. The molecule has 3 aliphatic rings. The van der Waals surface area contributed by atoms with Crippen molar-refractivity contribution in [1.82, 2.24) is 19.6 Å². The number of hydrogen-bond donors (Lipinski definition) is 4. The molecule has 0 atom stereocenters. The Hall–Kier alpha value is -4.99. The molecule has 0 unspecified atom stereocenters. The molecule has 2 aromatic heterocycles. The van der Waals surface area contributed by atoms with Crippen molar-refractivity contribution < 1.29 is 33.0 Å². The Morgan fingerprint density at radius 3 is 2.62 bits per heavy atom. The van der Waals surface area contributed by atoms with Gasteiger partial charge in [-0.15, -0.1) is 0 Å². The summed E-state index contributed by atoms with van der Waals surface area (Å²) in [5.74, 6) is 0.884. The van der Waals surface area contributed by atoms with Crippen molar-refractivity contribution in [1.29, 1.82) is 0 Å². The lowest BCUT2D eigenvalue weighted by Crippen LogP contribution is -2.76.